The van der Waals surface area contributed by atoms with Gasteiger partial charge in [0.05, 0.1) is 0 Å². The zero-order chi connectivity index (χ0) is 12.5. The van der Waals surface area contributed by atoms with Crippen molar-refractivity contribution in [2.45, 2.75) is 39.0 Å². The van der Waals surface area contributed by atoms with Gasteiger partial charge in [-0.2, -0.15) is 0 Å². The largest absolute Gasteiger partial charge is 0.374 e. The van der Waals surface area contributed by atoms with E-state index in [9.17, 15) is 0 Å². The molecule has 0 saturated heterocycles. The number of hydrogen-bond acceptors (Lipinski definition) is 1. The van der Waals surface area contributed by atoms with Crippen molar-refractivity contribution in [1.82, 2.24) is 0 Å². The molecule has 1 heterocycles. The molecule has 17 heavy (non-hydrogen) atoms. The summed E-state index contributed by atoms with van der Waals surface area (Å²) in [6, 6.07) is 8.85. The van der Waals surface area contributed by atoms with Crippen molar-refractivity contribution >= 4 is 5.69 Å². The summed E-state index contributed by atoms with van der Waals surface area (Å²) in [5, 5.41) is 0. The Morgan fingerprint density at radius 1 is 1.35 bits per heavy atom. The fourth-order valence-corrected chi connectivity index (χ4v) is 2.63. The monoisotopic (exact) mass is 229 g/mol. The van der Waals surface area contributed by atoms with Gasteiger partial charge in [0.2, 0.25) is 0 Å². The zero-order valence-corrected chi connectivity index (χ0v) is 11.5. The molecule has 1 aromatic carbocycles. The van der Waals surface area contributed by atoms with Crippen LogP contribution >= 0.6 is 0 Å². The predicted molar refractivity (Wildman–Crippen MR) is 75.7 cm³/mol. The molecule has 0 spiro atoms. The van der Waals surface area contributed by atoms with Gasteiger partial charge in [-0.25, -0.2) is 0 Å². The molecule has 1 aliphatic heterocycles. The average molecular weight is 229 g/mol. The molecule has 1 nitrogen and oxygen atoms in total. The summed E-state index contributed by atoms with van der Waals surface area (Å²) in [7, 11) is 2.19. The standard InChI is InChI=1S/C16H23N/c1-13(2)9-10-16(3)11-12-17(4)15-8-6-5-7-14(15)16/h5-9H,10-12H2,1-4H3/t16-/m0/s1. The molecule has 0 fully saturated rings. The Balaban J connectivity index is 2.38. The molecule has 92 valence electrons. The zero-order valence-electron chi connectivity index (χ0n) is 11.5. The number of hydrogen-bond donors (Lipinski definition) is 0. The van der Waals surface area contributed by atoms with Crippen LogP contribution in [0.5, 0.6) is 0 Å². The molecule has 0 N–H and O–H groups in total. The lowest BCUT2D eigenvalue weighted by Crippen LogP contribution is -2.36. The van der Waals surface area contributed by atoms with E-state index in [0.717, 1.165) is 13.0 Å². The fourth-order valence-electron chi connectivity index (χ4n) is 2.63. The second-order valence-corrected chi connectivity index (χ2v) is 5.73. The molecule has 2 rings (SSSR count). The van der Waals surface area contributed by atoms with Gasteiger partial charge in [0.15, 0.2) is 0 Å². The van der Waals surface area contributed by atoms with Gasteiger partial charge in [-0.15, -0.1) is 0 Å². The first-order valence-electron chi connectivity index (χ1n) is 6.47. The van der Waals surface area contributed by atoms with E-state index >= 15 is 0 Å². The second kappa shape index (κ2) is 4.56. The highest BCUT2D eigenvalue weighted by molar-refractivity contribution is 5.58. The minimum absolute atomic E-state index is 0.306. The molecular formula is C16H23N. The van der Waals surface area contributed by atoms with Gasteiger partial charge in [0.25, 0.3) is 0 Å². The van der Waals surface area contributed by atoms with Crippen molar-refractivity contribution in [1.29, 1.82) is 0 Å². The van der Waals surface area contributed by atoms with Crippen LogP contribution in [0.25, 0.3) is 0 Å². The molecular weight excluding hydrogens is 206 g/mol. The SMILES string of the molecule is CC(C)=CC[C@@]1(C)CCN(C)c2ccccc21. The van der Waals surface area contributed by atoms with Gasteiger partial charge in [-0.3, -0.25) is 0 Å². The number of anilines is 1. The van der Waals surface area contributed by atoms with E-state index in [-0.39, 0.29) is 0 Å². The van der Waals surface area contributed by atoms with Crippen molar-refractivity contribution in [3.05, 3.63) is 41.5 Å². The fraction of sp³-hybridized carbons (Fsp3) is 0.500. The maximum atomic E-state index is 2.40. The van der Waals surface area contributed by atoms with E-state index in [0.29, 0.717) is 5.41 Å². The summed E-state index contributed by atoms with van der Waals surface area (Å²) in [4.78, 5) is 2.37. The molecule has 1 heteroatoms. The van der Waals surface area contributed by atoms with E-state index in [2.05, 4.69) is 63.1 Å². The molecule has 0 amide bonds. The van der Waals surface area contributed by atoms with Gasteiger partial charge in [-0.05, 0) is 43.7 Å². The van der Waals surface area contributed by atoms with Crippen LogP contribution in [0, 0.1) is 0 Å². The summed E-state index contributed by atoms with van der Waals surface area (Å²) in [5.41, 5.74) is 4.64. The van der Waals surface area contributed by atoms with E-state index < -0.39 is 0 Å². The smallest absolute Gasteiger partial charge is 0.0401 e. The van der Waals surface area contributed by atoms with Gasteiger partial charge in [-0.1, -0.05) is 36.8 Å². The van der Waals surface area contributed by atoms with Crippen LogP contribution in [0.3, 0.4) is 0 Å². The third kappa shape index (κ3) is 2.38. The van der Waals surface area contributed by atoms with Gasteiger partial charge in [0, 0.05) is 19.3 Å². The summed E-state index contributed by atoms with van der Waals surface area (Å²) in [6.45, 7) is 7.93. The maximum absolute atomic E-state index is 2.40. The van der Waals surface area contributed by atoms with Crippen molar-refractivity contribution in [3.63, 3.8) is 0 Å². The Labute approximate surface area is 105 Å². The van der Waals surface area contributed by atoms with E-state index in [1.807, 2.05) is 0 Å². The van der Waals surface area contributed by atoms with Crippen molar-refractivity contribution < 1.29 is 0 Å². The quantitative estimate of drug-likeness (QED) is 0.689. The topological polar surface area (TPSA) is 3.24 Å². The average Bonchev–Trinajstić information content (AvgIpc) is 2.32. The maximum Gasteiger partial charge on any atom is 0.0401 e. The Hall–Kier alpha value is -1.24. The summed E-state index contributed by atoms with van der Waals surface area (Å²) in [5.74, 6) is 0. The Morgan fingerprint density at radius 2 is 2.06 bits per heavy atom. The number of rotatable bonds is 2. The number of nitrogens with zero attached hydrogens (tertiary/aromatic N) is 1. The lowest BCUT2D eigenvalue weighted by molar-refractivity contribution is 0.423. The molecule has 1 atom stereocenters. The Morgan fingerprint density at radius 3 is 2.76 bits per heavy atom. The van der Waals surface area contributed by atoms with Crippen molar-refractivity contribution in [2.75, 3.05) is 18.5 Å². The Kier molecular flexibility index (Phi) is 3.28. The molecule has 1 aliphatic rings. The van der Waals surface area contributed by atoms with Crippen LogP contribution in [0.1, 0.15) is 39.2 Å². The van der Waals surface area contributed by atoms with Crippen LogP contribution < -0.4 is 4.90 Å². The van der Waals surface area contributed by atoms with Crippen LogP contribution in [0.2, 0.25) is 0 Å². The van der Waals surface area contributed by atoms with Crippen LogP contribution in [-0.4, -0.2) is 13.6 Å². The molecule has 0 bridgehead atoms. The molecule has 0 unspecified atom stereocenters. The second-order valence-electron chi connectivity index (χ2n) is 5.73. The first-order chi connectivity index (χ1) is 8.03. The molecule has 1 aromatic rings. The summed E-state index contributed by atoms with van der Waals surface area (Å²) < 4.78 is 0. The first-order valence-corrected chi connectivity index (χ1v) is 6.47. The highest BCUT2D eigenvalue weighted by atomic mass is 15.1. The van der Waals surface area contributed by atoms with Crippen LogP contribution in [-0.2, 0) is 5.41 Å². The lowest BCUT2D eigenvalue weighted by Gasteiger charge is -2.40. The molecule has 0 radical (unpaired) electrons. The van der Waals surface area contributed by atoms with E-state index in [1.54, 1.807) is 0 Å². The molecule has 0 saturated carbocycles. The summed E-state index contributed by atoms with van der Waals surface area (Å²) in [6.07, 6.45) is 4.77. The first kappa shape index (κ1) is 12.2. The van der Waals surface area contributed by atoms with E-state index in [4.69, 9.17) is 0 Å². The number of allylic oxidation sites excluding steroid dienone is 2. The number of benzene rings is 1. The van der Waals surface area contributed by atoms with Gasteiger partial charge < -0.3 is 4.90 Å². The molecule has 0 aliphatic carbocycles. The van der Waals surface area contributed by atoms with Gasteiger partial charge in [0.1, 0.15) is 0 Å². The third-order valence-corrected chi connectivity index (χ3v) is 3.93. The number of fused-ring (bicyclic) bond motifs is 1. The highest BCUT2D eigenvalue weighted by Crippen LogP contribution is 2.41. The van der Waals surface area contributed by atoms with Crippen LogP contribution in [0.15, 0.2) is 35.9 Å². The normalized spacial score (nSPS) is 23.2. The van der Waals surface area contributed by atoms with Gasteiger partial charge >= 0.3 is 0 Å². The van der Waals surface area contributed by atoms with E-state index in [1.165, 1.54) is 23.2 Å². The highest BCUT2D eigenvalue weighted by Gasteiger charge is 2.32. The summed E-state index contributed by atoms with van der Waals surface area (Å²) >= 11 is 0. The Bertz CT molecular complexity index is 429. The lowest BCUT2D eigenvalue weighted by atomic mass is 9.73. The molecule has 0 aromatic heterocycles. The number of para-hydroxylation sites is 1. The third-order valence-electron chi connectivity index (χ3n) is 3.93. The van der Waals surface area contributed by atoms with Crippen LogP contribution in [0.4, 0.5) is 5.69 Å². The minimum atomic E-state index is 0.306. The van der Waals surface area contributed by atoms with Crippen molar-refractivity contribution in [2.24, 2.45) is 0 Å². The minimum Gasteiger partial charge on any atom is -0.374 e. The predicted octanol–water partition coefficient (Wildman–Crippen LogP) is 4.14. The van der Waals surface area contributed by atoms with Crippen molar-refractivity contribution in [3.8, 4) is 0 Å².